The zero-order chi connectivity index (χ0) is 14.3. The van der Waals surface area contributed by atoms with Gasteiger partial charge in [-0.15, -0.1) is 0 Å². The van der Waals surface area contributed by atoms with Crippen LogP contribution in [-0.4, -0.2) is 33.7 Å². The Morgan fingerprint density at radius 2 is 1.68 bits per heavy atom. The number of nitrogens with one attached hydrogen (secondary N) is 1. The van der Waals surface area contributed by atoms with Crippen LogP contribution in [0.3, 0.4) is 0 Å². The molecular weight excluding hydrogens is 246 g/mol. The summed E-state index contributed by atoms with van der Waals surface area (Å²) in [5, 5.41) is 3.23. The summed E-state index contributed by atoms with van der Waals surface area (Å²) >= 11 is 0. The molecule has 5 nitrogen and oxygen atoms in total. The number of anilines is 1. The maximum atomic E-state index is 10.9. The Labute approximate surface area is 113 Å². The fourth-order valence-corrected chi connectivity index (χ4v) is 1.75. The monoisotopic (exact) mass is 267 g/mol. The minimum atomic E-state index is 0.201. The van der Waals surface area contributed by atoms with Gasteiger partial charge in [0, 0.05) is 30.8 Å². The molecule has 1 N–H and O–H groups in total. The average molecular weight is 267 g/mol. The van der Waals surface area contributed by atoms with Gasteiger partial charge in [-0.3, -0.25) is 0 Å². The number of ketones is 1. The molecule has 0 saturated heterocycles. The molecule has 0 radical (unpaired) electrons. The summed E-state index contributed by atoms with van der Waals surface area (Å²) in [6.45, 7) is 2.32. The lowest BCUT2D eigenvalue weighted by Crippen LogP contribution is -2.05. The van der Waals surface area contributed by atoms with Gasteiger partial charge in [0.05, 0.1) is 21.3 Å². The number of hydrogen-bond acceptors (Lipinski definition) is 5. The molecule has 0 aliphatic rings. The molecule has 0 bridgehead atoms. The second-order valence-electron chi connectivity index (χ2n) is 4.15. The molecule has 0 heterocycles. The molecule has 0 aliphatic carbocycles. The van der Waals surface area contributed by atoms with Gasteiger partial charge in [-0.25, -0.2) is 0 Å². The van der Waals surface area contributed by atoms with Crippen molar-refractivity contribution in [3.63, 3.8) is 0 Å². The van der Waals surface area contributed by atoms with Crippen LogP contribution in [-0.2, 0) is 4.79 Å². The zero-order valence-electron chi connectivity index (χ0n) is 11.9. The third kappa shape index (κ3) is 4.35. The van der Waals surface area contributed by atoms with Gasteiger partial charge in [-0.05, 0) is 13.3 Å². The number of benzene rings is 1. The van der Waals surface area contributed by atoms with Crippen molar-refractivity contribution in [3.8, 4) is 17.2 Å². The highest BCUT2D eigenvalue weighted by Crippen LogP contribution is 2.39. The summed E-state index contributed by atoms with van der Waals surface area (Å²) < 4.78 is 15.8. The number of hydrogen-bond donors (Lipinski definition) is 1. The van der Waals surface area contributed by atoms with Crippen LogP contribution in [0.4, 0.5) is 5.69 Å². The van der Waals surface area contributed by atoms with Crippen molar-refractivity contribution in [2.45, 2.75) is 19.8 Å². The summed E-state index contributed by atoms with van der Waals surface area (Å²) in [7, 11) is 4.73. The van der Waals surface area contributed by atoms with Crippen molar-refractivity contribution in [1.29, 1.82) is 0 Å². The first-order valence-electron chi connectivity index (χ1n) is 6.15. The average Bonchev–Trinajstić information content (AvgIpc) is 2.42. The Kier molecular flexibility index (Phi) is 5.99. The van der Waals surface area contributed by atoms with Crippen molar-refractivity contribution in [1.82, 2.24) is 0 Å². The summed E-state index contributed by atoms with van der Waals surface area (Å²) in [6, 6.07) is 3.68. The number of carbonyl (C=O) groups is 1. The van der Waals surface area contributed by atoms with E-state index in [2.05, 4.69) is 5.32 Å². The Morgan fingerprint density at radius 3 is 2.11 bits per heavy atom. The van der Waals surface area contributed by atoms with E-state index < -0.39 is 0 Å². The van der Waals surface area contributed by atoms with Crippen molar-refractivity contribution < 1.29 is 19.0 Å². The minimum absolute atomic E-state index is 0.201. The van der Waals surface area contributed by atoms with Crippen molar-refractivity contribution in [2.24, 2.45) is 0 Å². The molecule has 0 fully saturated rings. The zero-order valence-corrected chi connectivity index (χ0v) is 11.9. The van der Waals surface area contributed by atoms with Gasteiger partial charge in [-0.2, -0.15) is 0 Å². The maximum absolute atomic E-state index is 10.9. The maximum Gasteiger partial charge on any atom is 0.203 e. The molecule has 106 valence electrons. The molecule has 0 spiro atoms. The molecule has 0 aliphatic heterocycles. The highest BCUT2D eigenvalue weighted by atomic mass is 16.5. The van der Waals surface area contributed by atoms with Crippen molar-refractivity contribution in [3.05, 3.63) is 12.1 Å². The predicted octanol–water partition coefficient (Wildman–Crippen LogP) is 2.49. The number of Topliss-reactive ketones (excluding diaryl/α,β-unsaturated/α-hetero) is 1. The molecule has 1 aromatic rings. The molecule has 5 heteroatoms. The summed E-state index contributed by atoms with van der Waals surface area (Å²) in [5.41, 5.74) is 0.873. The molecule has 0 aromatic heterocycles. The van der Waals surface area contributed by atoms with E-state index in [1.165, 1.54) is 0 Å². The van der Waals surface area contributed by atoms with Crippen LogP contribution in [0.1, 0.15) is 19.8 Å². The van der Waals surface area contributed by atoms with E-state index in [-0.39, 0.29) is 5.78 Å². The van der Waals surface area contributed by atoms with E-state index in [1.54, 1.807) is 28.3 Å². The van der Waals surface area contributed by atoms with E-state index >= 15 is 0 Å². The lowest BCUT2D eigenvalue weighted by atomic mass is 10.2. The highest BCUT2D eigenvalue weighted by molar-refractivity contribution is 5.75. The van der Waals surface area contributed by atoms with Gasteiger partial charge in [-0.1, -0.05) is 0 Å². The van der Waals surface area contributed by atoms with Crippen LogP contribution in [0.2, 0.25) is 0 Å². The van der Waals surface area contributed by atoms with Crippen LogP contribution >= 0.6 is 0 Å². The van der Waals surface area contributed by atoms with Gasteiger partial charge in [0.2, 0.25) is 5.75 Å². The number of methoxy groups -OCH3 is 3. The van der Waals surface area contributed by atoms with Crippen LogP contribution in [0.25, 0.3) is 0 Å². The van der Waals surface area contributed by atoms with Crippen LogP contribution in [0.15, 0.2) is 12.1 Å². The van der Waals surface area contributed by atoms with E-state index in [4.69, 9.17) is 14.2 Å². The van der Waals surface area contributed by atoms with Gasteiger partial charge in [0.15, 0.2) is 11.5 Å². The molecular formula is C14H21NO4. The second-order valence-corrected chi connectivity index (χ2v) is 4.15. The van der Waals surface area contributed by atoms with Gasteiger partial charge >= 0.3 is 0 Å². The lowest BCUT2D eigenvalue weighted by Gasteiger charge is -2.15. The summed E-state index contributed by atoms with van der Waals surface area (Å²) in [6.07, 6.45) is 1.38. The summed E-state index contributed by atoms with van der Waals surface area (Å²) in [5.74, 6) is 1.98. The van der Waals surface area contributed by atoms with Crippen molar-refractivity contribution in [2.75, 3.05) is 33.2 Å². The first-order valence-corrected chi connectivity index (χ1v) is 6.15. The van der Waals surface area contributed by atoms with E-state index in [1.807, 2.05) is 12.1 Å². The van der Waals surface area contributed by atoms with E-state index in [9.17, 15) is 4.79 Å². The quantitative estimate of drug-likeness (QED) is 0.733. The van der Waals surface area contributed by atoms with Gasteiger partial charge < -0.3 is 24.3 Å². The Morgan fingerprint density at radius 1 is 1.11 bits per heavy atom. The normalized spacial score (nSPS) is 9.89. The topological polar surface area (TPSA) is 56.8 Å². The third-order valence-electron chi connectivity index (χ3n) is 2.70. The number of ether oxygens (including phenoxy) is 3. The first-order chi connectivity index (χ1) is 9.12. The largest absolute Gasteiger partial charge is 0.493 e. The second kappa shape index (κ2) is 7.51. The smallest absolute Gasteiger partial charge is 0.203 e. The third-order valence-corrected chi connectivity index (χ3v) is 2.70. The highest BCUT2D eigenvalue weighted by Gasteiger charge is 2.12. The van der Waals surface area contributed by atoms with Crippen LogP contribution < -0.4 is 19.5 Å². The van der Waals surface area contributed by atoms with E-state index in [0.717, 1.165) is 18.7 Å². The Balaban J connectivity index is 2.76. The fraction of sp³-hybridized carbons (Fsp3) is 0.500. The fourth-order valence-electron chi connectivity index (χ4n) is 1.75. The van der Waals surface area contributed by atoms with Crippen LogP contribution in [0, 0.1) is 0 Å². The summed E-state index contributed by atoms with van der Waals surface area (Å²) in [4.78, 5) is 10.9. The molecule has 0 unspecified atom stereocenters. The Bertz CT molecular complexity index is 406. The van der Waals surface area contributed by atoms with Gasteiger partial charge in [0.1, 0.15) is 5.78 Å². The SMILES string of the molecule is COc1cc(NCCCC(C)=O)cc(OC)c1OC. The van der Waals surface area contributed by atoms with E-state index in [0.29, 0.717) is 23.7 Å². The molecule has 0 amide bonds. The lowest BCUT2D eigenvalue weighted by molar-refractivity contribution is -0.117. The molecule has 1 aromatic carbocycles. The molecule has 1 rings (SSSR count). The first kappa shape index (κ1) is 15.1. The van der Waals surface area contributed by atoms with Crippen molar-refractivity contribution >= 4 is 11.5 Å². The number of carbonyl (C=O) groups excluding carboxylic acids is 1. The Hall–Kier alpha value is -1.91. The molecule has 0 saturated carbocycles. The minimum Gasteiger partial charge on any atom is -0.493 e. The van der Waals surface area contributed by atoms with Gasteiger partial charge in [0.25, 0.3) is 0 Å². The molecule has 19 heavy (non-hydrogen) atoms. The molecule has 0 atom stereocenters. The standard InChI is InChI=1S/C14H21NO4/c1-10(16)6-5-7-15-11-8-12(17-2)14(19-4)13(9-11)18-3/h8-9,15H,5-7H2,1-4H3. The predicted molar refractivity (Wildman–Crippen MR) is 74.5 cm³/mol. The number of rotatable bonds is 8. The van der Waals surface area contributed by atoms with Crippen LogP contribution in [0.5, 0.6) is 17.2 Å².